The molecule has 584 valence electrons. The Balaban J connectivity index is 5.43. The van der Waals surface area contributed by atoms with Crippen LogP contribution in [-0.2, 0) is 65.4 Å². The Kier molecular flexibility index (Phi) is 71.0. The predicted octanol–water partition coefficient (Wildman–Crippen LogP) is 22.9. The van der Waals surface area contributed by atoms with Crippen molar-refractivity contribution in [3.8, 4) is 0 Å². The third kappa shape index (κ3) is 73.5. The van der Waals surface area contributed by atoms with Crippen LogP contribution in [0.4, 0.5) is 0 Å². The van der Waals surface area contributed by atoms with Gasteiger partial charge in [0.15, 0.2) is 12.2 Å². The number of hydrogen-bond donors (Lipinski definition) is 3. The van der Waals surface area contributed by atoms with E-state index in [-0.39, 0.29) is 25.7 Å². The molecule has 0 bridgehead atoms. The zero-order valence-corrected chi connectivity index (χ0v) is 65.5. The Morgan fingerprint density at radius 2 is 0.529 bits per heavy atom. The summed E-state index contributed by atoms with van der Waals surface area (Å²) < 4.78 is 68.4. The van der Waals surface area contributed by atoms with Crippen LogP contribution in [0.25, 0.3) is 0 Å². The van der Waals surface area contributed by atoms with Crippen molar-refractivity contribution in [2.45, 2.75) is 329 Å². The third-order valence-corrected chi connectivity index (χ3v) is 18.0. The van der Waals surface area contributed by atoms with E-state index in [1.54, 1.807) is 0 Å². The summed E-state index contributed by atoms with van der Waals surface area (Å²) in [6, 6.07) is 0. The largest absolute Gasteiger partial charge is 0.472 e. The summed E-state index contributed by atoms with van der Waals surface area (Å²) in [7, 11) is -9.98. The van der Waals surface area contributed by atoms with Crippen molar-refractivity contribution in [1.82, 2.24) is 0 Å². The number of phosphoric ester groups is 2. The van der Waals surface area contributed by atoms with Crippen molar-refractivity contribution in [2.75, 3.05) is 39.6 Å². The Morgan fingerprint density at radius 1 is 0.284 bits per heavy atom. The first-order valence-corrected chi connectivity index (χ1v) is 42.4. The van der Waals surface area contributed by atoms with Gasteiger partial charge in [-0.1, -0.05) is 290 Å². The van der Waals surface area contributed by atoms with Gasteiger partial charge in [0.2, 0.25) is 0 Å². The Labute approximate surface area is 618 Å². The number of phosphoric acid groups is 2. The van der Waals surface area contributed by atoms with E-state index >= 15 is 0 Å². The minimum Gasteiger partial charge on any atom is -0.462 e. The van der Waals surface area contributed by atoms with E-state index < -0.39 is 97.5 Å². The van der Waals surface area contributed by atoms with Gasteiger partial charge in [-0.25, -0.2) is 9.13 Å². The molecule has 5 unspecified atom stereocenters. The van der Waals surface area contributed by atoms with Crippen molar-refractivity contribution in [3.63, 3.8) is 0 Å². The average Bonchev–Trinajstić information content (AvgIpc) is 0.921. The molecule has 0 aliphatic heterocycles. The lowest BCUT2D eigenvalue weighted by Crippen LogP contribution is -2.30. The van der Waals surface area contributed by atoms with Crippen LogP contribution in [-0.4, -0.2) is 96.7 Å². The molecule has 0 amide bonds. The molecule has 3 N–H and O–H groups in total. The predicted molar refractivity (Wildman–Crippen MR) is 418 cm³/mol. The smallest absolute Gasteiger partial charge is 0.462 e. The van der Waals surface area contributed by atoms with Crippen LogP contribution in [0, 0.1) is 0 Å². The lowest BCUT2D eigenvalue weighted by molar-refractivity contribution is -0.161. The minimum absolute atomic E-state index is 0.0271. The topological polar surface area (TPSA) is 237 Å². The highest BCUT2D eigenvalue weighted by molar-refractivity contribution is 7.47. The van der Waals surface area contributed by atoms with Gasteiger partial charge in [0.25, 0.3) is 0 Å². The molecular weight excluding hydrogens is 1330 g/mol. The molecule has 0 saturated heterocycles. The van der Waals surface area contributed by atoms with Crippen LogP contribution in [0.5, 0.6) is 0 Å². The van der Waals surface area contributed by atoms with E-state index in [1.807, 2.05) is 18.2 Å². The number of ether oxygens (including phenoxy) is 4. The normalized spacial score (nSPS) is 14.6. The highest BCUT2D eigenvalue weighted by Gasteiger charge is 2.30. The highest BCUT2D eigenvalue weighted by Crippen LogP contribution is 2.45. The van der Waals surface area contributed by atoms with Gasteiger partial charge < -0.3 is 33.8 Å². The summed E-state index contributed by atoms with van der Waals surface area (Å²) in [4.78, 5) is 72.9. The molecule has 0 radical (unpaired) electrons. The number of carbonyl (C=O) groups excluding carboxylic acids is 4. The first-order chi connectivity index (χ1) is 49.7. The summed E-state index contributed by atoms with van der Waals surface area (Å²) in [5.74, 6) is -2.31. The summed E-state index contributed by atoms with van der Waals surface area (Å²) >= 11 is 0. The maximum atomic E-state index is 13.1. The van der Waals surface area contributed by atoms with Gasteiger partial charge in [0.05, 0.1) is 26.4 Å². The molecule has 0 fully saturated rings. The molecule has 0 aliphatic rings. The molecule has 0 saturated carbocycles. The molecule has 19 heteroatoms. The van der Waals surface area contributed by atoms with Gasteiger partial charge in [-0.2, -0.15) is 0 Å². The number of aliphatic hydroxyl groups excluding tert-OH is 1. The molecule has 0 spiro atoms. The number of carbonyl (C=O) groups is 4. The zero-order valence-electron chi connectivity index (χ0n) is 63.7. The quantitative estimate of drug-likeness (QED) is 0.0169. The maximum absolute atomic E-state index is 13.1. The summed E-state index contributed by atoms with van der Waals surface area (Å²) in [5, 5.41) is 10.6. The van der Waals surface area contributed by atoms with Crippen molar-refractivity contribution in [1.29, 1.82) is 0 Å². The molecule has 17 nitrogen and oxygen atoms in total. The fourth-order valence-corrected chi connectivity index (χ4v) is 11.8. The number of hydrogen-bond acceptors (Lipinski definition) is 15. The van der Waals surface area contributed by atoms with Gasteiger partial charge in [-0.05, 0) is 128 Å². The molecule has 0 aromatic rings. The molecule has 0 aliphatic carbocycles. The molecule has 5 atom stereocenters. The highest BCUT2D eigenvalue weighted by atomic mass is 31.2. The lowest BCUT2D eigenvalue weighted by atomic mass is 10.1. The number of esters is 4. The fraction of sp³-hybridized carbons (Fsp3) is 0.687. The minimum atomic E-state index is -5.00. The number of rotatable bonds is 73. The van der Waals surface area contributed by atoms with E-state index in [0.29, 0.717) is 32.1 Å². The van der Waals surface area contributed by atoms with E-state index in [9.17, 15) is 43.2 Å². The molecule has 102 heavy (non-hydrogen) atoms. The van der Waals surface area contributed by atoms with E-state index in [2.05, 4.69) is 143 Å². The van der Waals surface area contributed by atoms with Crippen LogP contribution >= 0.6 is 15.6 Å². The van der Waals surface area contributed by atoms with Crippen LogP contribution < -0.4 is 0 Å². The van der Waals surface area contributed by atoms with Crippen molar-refractivity contribution >= 4 is 39.5 Å². The number of unbranched alkanes of at least 4 members (excludes halogenated alkanes) is 25. The summed E-state index contributed by atoms with van der Waals surface area (Å²) in [6.07, 6.45) is 83.1. The van der Waals surface area contributed by atoms with Gasteiger partial charge >= 0.3 is 39.5 Å². The second-order valence-electron chi connectivity index (χ2n) is 25.9. The van der Waals surface area contributed by atoms with Crippen LogP contribution in [0.2, 0.25) is 0 Å². The molecule has 0 aromatic heterocycles. The molecule has 0 rings (SSSR count). The maximum Gasteiger partial charge on any atom is 0.472 e. The number of allylic oxidation sites excluding steroid dienone is 22. The molecule has 0 aromatic carbocycles. The van der Waals surface area contributed by atoms with E-state index in [0.717, 1.165) is 148 Å². The zero-order chi connectivity index (χ0) is 74.6. The van der Waals surface area contributed by atoms with Crippen molar-refractivity contribution < 1.29 is 80.2 Å². The average molecular weight is 1470 g/mol. The fourth-order valence-electron chi connectivity index (χ4n) is 10.2. The number of aliphatic hydroxyl groups is 1. The molecular formula is C83H140O17P2. The van der Waals surface area contributed by atoms with Crippen LogP contribution in [0.15, 0.2) is 134 Å². The standard InChI is InChI=1S/C83H140O17P2/c1-5-9-13-17-21-25-29-32-35-37-38-40-42-45-49-52-56-60-64-68-81(86)94-74-79(100-83(88)70-66-62-58-54-50-46-43-39-36-33-30-26-22-18-14-10-6-2)76-98-102(91,92)96-72-77(84)71-95-101(89,90)97-75-78(99-82(87)69-65-61-57-53-47-28-24-20-16-12-8-4)73-93-80(85)67-63-59-55-51-48-44-41-34-31-27-23-19-15-11-7-3/h9-10,13-14,21-22,25-26,32-36,38,40-41,43,45-46,49,56,60,77-79,84H,5-8,11-12,15-20,23-24,27-31,37,39,42,44,47-48,50-55,57-59,61-76H2,1-4H3,(H,89,90)(H,91,92)/b13-9-,14-10-,25-21-,26-22-,35-32-,36-33-,40-38-,41-34-,46-43-,49-45-,60-56-. The SMILES string of the molecule is CC/C=C\C/C=C\C/C=C\C/C=C\C/C=C\C/C=C\CCC(=O)OCC(COP(=O)(O)OCC(O)COP(=O)(O)OCC(COC(=O)CCCCCCC/C=C\CCCCCCCC)OC(=O)CCCCCCCCCCCCC)OC(=O)CCCCCC/C=C\C/C=C\C/C=C\C/C=C\CC. The summed E-state index contributed by atoms with van der Waals surface area (Å²) in [5.41, 5.74) is 0. The van der Waals surface area contributed by atoms with Gasteiger partial charge in [0.1, 0.15) is 19.3 Å². The van der Waals surface area contributed by atoms with Crippen molar-refractivity contribution in [2.24, 2.45) is 0 Å². The second-order valence-corrected chi connectivity index (χ2v) is 28.8. The monoisotopic (exact) mass is 1470 g/mol. The first-order valence-electron chi connectivity index (χ1n) is 39.4. The van der Waals surface area contributed by atoms with Gasteiger partial charge in [-0.15, -0.1) is 0 Å². The van der Waals surface area contributed by atoms with Gasteiger partial charge in [-0.3, -0.25) is 37.3 Å². The molecule has 0 heterocycles. The Bertz CT molecular complexity index is 2460. The second kappa shape index (κ2) is 74.5. The van der Waals surface area contributed by atoms with Crippen molar-refractivity contribution in [3.05, 3.63) is 134 Å². The summed E-state index contributed by atoms with van der Waals surface area (Å²) in [6.45, 7) is 4.52. The Hall–Kier alpha value is -4.80. The van der Waals surface area contributed by atoms with E-state index in [1.165, 1.54) is 77.0 Å². The first kappa shape index (κ1) is 97.2. The Morgan fingerprint density at radius 3 is 0.853 bits per heavy atom. The van der Waals surface area contributed by atoms with E-state index in [4.69, 9.17) is 37.0 Å². The van der Waals surface area contributed by atoms with Crippen LogP contribution in [0.3, 0.4) is 0 Å². The van der Waals surface area contributed by atoms with Crippen LogP contribution in [0.1, 0.15) is 310 Å². The third-order valence-electron chi connectivity index (χ3n) is 16.1. The van der Waals surface area contributed by atoms with Gasteiger partial charge in [0, 0.05) is 25.7 Å². The lowest BCUT2D eigenvalue weighted by Gasteiger charge is -2.21.